The number of aryl methyl sites for hydroxylation is 1. The monoisotopic (exact) mass is 296 g/mol. The predicted octanol–water partition coefficient (Wildman–Crippen LogP) is 4.87. The van der Waals surface area contributed by atoms with Gasteiger partial charge >= 0.3 is 0 Å². The van der Waals surface area contributed by atoms with Gasteiger partial charge in [-0.15, -0.1) is 11.3 Å². The number of anilines is 2. The van der Waals surface area contributed by atoms with E-state index >= 15 is 0 Å². The molecular weight excluding hydrogens is 280 g/mol. The van der Waals surface area contributed by atoms with Crippen molar-refractivity contribution in [1.29, 1.82) is 0 Å². The van der Waals surface area contributed by atoms with Crippen LogP contribution in [0.1, 0.15) is 5.56 Å². The zero-order valence-electron chi connectivity index (χ0n) is 12.0. The Hall–Kier alpha value is -2.33. The van der Waals surface area contributed by atoms with E-state index in [9.17, 15) is 0 Å². The molecule has 21 heavy (non-hydrogen) atoms. The molecule has 0 bridgehead atoms. The minimum Gasteiger partial charge on any atom is -0.497 e. The SMILES string of the molecule is COc1ccc(-c2csc(Nc3ccccc3C)n2)cc1. The average molecular weight is 296 g/mol. The molecule has 0 atom stereocenters. The predicted molar refractivity (Wildman–Crippen MR) is 88.6 cm³/mol. The van der Waals surface area contributed by atoms with Crippen molar-refractivity contribution < 1.29 is 4.74 Å². The lowest BCUT2D eigenvalue weighted by Gasteiger charge is -2.05. The molecule has 0 aliphatic heterocycles. The Morgan fingerprint density at radius 1 is 1.05 bits per heavy atom. The lowest BCUT2D eigenvalue weighted by atomic mass is 10.2. The number of nitrogens with zero attached hydrogens (tertiary/aromatic N) is 1. The Kier molecular flexibility index (Phi) is 3.88. The highest BCUT2D eigenvalue weighted by atomic mass is 32.1. The van der Waals surface area contributed by atoms with Crippen molar-refractivity contribution in [3.05, 3.63) is 59.5 Å². The lowest BCUT2D eigenvalue weighted by Crippen LogP contribution is -1.92. The van der Waals surface area contributed by atoms with Crippen LogP contribution in [0.15, 0.2) is 53.9 Å². The van der Waals surface area contributed by atoms with Crippen molar-refractivity contribution in [3.8, 4) is 17.0 Å². The third kappa shape index (κ3) is 3.06. The van der Waals surface area contributed by atoms with Gasteiger partial charge in [0.25, 0.3) is 0 Å². The Bertz CT molecular complexity index is 735. The second-order valence-corrected chi connectivity index (χ2v) is 5.56. The molecular formula is C17H16N2OS. The second kappa shape index (κ2) is 5.97. The molecule has 0 saturated carbocycles. The Morgan fingerprint density at radius 2 is 1.81 bits per heavy atom. The second-order valence-electron chi connectivity index (χ2n) is 4.71. The zero-order chi connectivity index (χ0) is 14.7. The summed E-state index contributed by atoms with van der Waals surface area (Å²) in [6.07, 6.45) is 0. The maximum absolute atomic E-state index is 5.17. The van der Waals surface area contributed by atoms with Crippen molar-refractivity contribution in [2.24, 2.45) is 0 Å². The highest BCUT2D eigenvalue weighted by Crippen LogP contribution is 2.29. The van der Waals surface area contributed by atoms with Crippen molar-refractivity contribution in [2.75, 3.05) is 12.4 Å². The maximum Gasteiger partial charge on any atom is 0.187 e. The molecule has 3 nitrogen and oxygen atoms in total. The molecule has 0 fully saturated rings. The van der Waals surface area contributed by atoms with Gasteiger partial charge in [-0.05, 0) is 42.8 Å². The molecule has 0 spiro atoms. The summed E-state index contributed by atoms with van der Waals surface area (Å²) in [7, 11) is 1.67. The van der Waals surface area contributed by atoms with E-state index in [0.717, 1.165) is 27.8 Å². The quantitative estimate of drug-likeness (QED) is 0.745. The van der Waals surface area contributed by atoms with Gasteiger partial charge in [0.1, 0.15) is 5.75 Å². The number of hydrogen-bond acceptors (Lipinski definition) is 4. The van der Waals surface area contributed by atoms with E-state index in [1.807, 2.05) is 36.4 Å². The van der Waals surface area contributed by atoms with Crippen LogP contribution in [0, 0.1) is 6.92 Å². The summed E-state index contributed by atoms with van der Waals surface area (Å²) in [5.74, 6) is 0.854. The molecule has 3 aromatic rings. The van der Waals surface area contributed by atoms with Gasteiger partial charge in [-0.25, -0.2) is 4.98 Å². The molecule has 4 heteroatoms. The van der Waals surface area contributed by atoms with E-state index in [1.54, 1.807) is 18.4 Å². The Labute approximate surface area is 128 Å². The number of rotatable bonds is 4. The van der Waals surface area contributed by atoms with Gasteiger partial charge in [0.2, 0.25) is 0 Å². The molecule has 0 amide bonds. The summed E-state index contributed by atoms with van der Waals surface area (Å²) < 4.78 is 5.17. The van der Waals surface area contributed by atoms with Gasteiger partial charge in [0.15, 0.2) is 5.13 Å². The number of ether oxygens (including phenoxy) is 1. The molecule has 1 aromatic heterocycles. The summed E-state index contributed by atoms with van der Waals surface area (Å²) in [6.45, 7) is 2.08. The summed E-state index contributed by atoms with van der Waals surface area (Å²) in [5.41, 5.74) is 4.36. The first kappa shape index (κ1) is 13.6. The van der Waals surface area contributed by atoms with Crippen molar-refractivity contribution in [3.63, 3.8) is 0 Å². The van der Waals surface area contributed by atoms with E-state index in [4.69, 9.17) is 4.74 Å². The van der Waals surface area contributed by atoms with Crippen LogP contribution in [0.25, 0.3) is 11.3 Å². The van der Waals surface area contributed by atoms with Crippen molar-refractivity contribution in [1.82, 2.24) is 4.98 Å². The van der Waals surface area contributed by atoms with Crippen LogP contribution in [0.2, 0.25) is 0 Å². The Balaban J connectivity index is 1.81. The van der Waals surface area contributed by atoms with Gasteiger partial charge in [0, 0.05) is 16.6 Å². The highest BCUT2D eigenvalue weighted by molar-refractivity contribution is 7.14. The highest BCUT2D eigenvalue weighted by Gasteiger charge is 2.06. The number of hydrogen-bond donors (Lipinski definition) is 1. The minimum absolute atomic E-state index is 0.854. The number of methoxy groups -OCH3 is 1. The molecule has 0 radical (unpaired) electrons. The van der Waals surface area contributed by atoms with Crippen LogP contribution in [-0.4, -0.2) is 12.1 Å². The van der Waals surface area contributed by atoms with Crippen LogP contribution in [-0.2, 0) is 0 Å². The molecule has 1 N–H and O–H groups in total. The van der Waals surface area contributed by atoms with E-state index in [0.29, 0.717) is 0 Å². The van der Waals surface area contributed by atoms with E-state index in [2.05, 4.69) is 34.7 Å². The lowest BCUT2D eigenvalue weighted by molar-refractivity contribution is 0.415. The number of para-hydroxylation sites is 1. The van der Waals surface area contributed by atoms with E-state index < -0.39 is 0 Å². The fourth-order valence-electron chi connectivity index (χ4n) is 2.05. The van der Waals surface area contributed by atoms with Crippen molar-refractivity contribution in [2.45, 2.75) is 6.92 Å². The topological polar surface area (TPSA) is 34.1 Å². The van der Waals surface area contributed by atoms with Crippen LogP contribution in [0.3, 0.4) is 0 Å². The molecule has 3 rings (SSSR count). The average Bonchev–Trinajstić information content (AvgIpc) is 2.98. The smallest absolute Gasteiger partial charge is 0.187 e. The summed E-state index contributed by atoms with van der Waals surface area (Å²) in [4.78, 5) is 4.64. The maximum atomic E-state index is 5.17. The summed E-state index contributed by atoms with van der Waals surface area (Å²) in [6, 6.07) is 16.1. The zero-order valence-corrected chi connectivity index (χ0v) is 12.8. The number of aromatic nitrogens is 1. The largest absolute Gasteiger partial charge is 0.497 e. The summed E-state index contributed by atoms with van der Waals surface area (Å²) >= 11 is 1.60. The number of nitrogens with one attached hydrogen (secondary N) is 1. The third-order valence-electron chi connectivity index (χ3n) is 3.28. The minimum atomic E-state index is 0.854. The number of thiazole rings is 1. The fraction of sp³-hybridized carbons (Fsp3) is 0.118. The number of benzene rings is 2. The molecule has 1 heterocycles. The van der Waals surface area contributed by atoms with Crippen LogP contribution in [0.5, 0.6) is 5.75 Å². The van der Waals surface area contributed by atoms with Crippen LogP contribution in [0.4, 0.5) is 10.8 Å². The van der Waals surface area contributed by atoms with Gasteiger partial charge < -0.3 is 10.1 Å². The first-order chi connectivity index (χ1) is 10.3. The third-order valence-corrected chi connectivity index (χ3v) is 4.03. The van der Waals surface area contributed by atoms with E-state index in [1.165, 1.54) is 5.56 Å². The van der Waals surface area contributed by atoms with Crippen LogP contribution < -0.4 is 10.1 Å². The molecule has 2 aromatic carbocycles. The first-order valence-electron chi connectivity index (χ1n) is 6.69. The van der Waals surface area contributed by atoms with E-state index in [-0.39, 0.29) is 0 Å². The standard InChI is InChI=1S/C17H16N2OS/c1-12-5-3-4-6-15(12)18-17-19-16(11-21-17)13-7-9-14(20-2)10-8-13/h3-11H,1-2H3,(H,18,19). The Morgan fingerprint density at radius 3 is 2.52 bits per heavy atom. The summed E-state index contributed by atoms with van der Waals surface area (Å²) in [5, 5.41) is 6.32. The molecule has 106 valence electrons. The molecule has 0 unspecified atom stereocenters. The molecule has 0 saturated heterocycles. The molecule has 0 aliphatic rings. The van der Waals surface area contributed by atoms with Crippen molar-refractivity contribution >= 4 is 22.2 Å². The first-order valence-corrected chi connectivity index (χ1v) is 7.57. The van der Waals surface area contributed by atoms with Gasteiger partial charge in [-0.1, -0.05) is 18.2 Å². The van der Waals surface area contributed by atoms with Gasteiger partial charge in [-0.2, -0.15) is 0 Å². The fourth-order valence-corrected chi connectivity index (χ4v) is 2.79. The van der Waals surface area contributed by atoms with Crippen LogP contribution >= 0.6 is 11.3 Å². The van der Waals surface area contributed by atoms with Gasteiger partial charge in [-0.3, -0.25) is 0 Å². The molecule has 0 aliphatic carbocycles. The van der Waals surface area contributed by atoms with Gasteiger partial charge in [0.05, 0.1) is 12.8 Å². The normalized spacial score (nSPS) is 10.4.